The first-order chi connectivity index (χ1) is 9.17. The van der Waals surface area contributed by atoms with E-state index in [2.05, 4.69) is 33.2 Å². The summed E-state index contributed by atoms with van der Waals surface area (Å²) in [5, 5.41) is 6.81. The molecule has 0 atom stereocenters. The van der Waals surface area contributed by atoms with Crippen molar-refractivity contribution in [3.8, 4) is 5.75 Å². The van der Waals surface area contributed by atoms with Gasteiger partial charge in [0.05, 0.1) is 7.11 Å². The lowest BCUT2D eigenvalue weighted by Crippen LogP contribution is -2.18. The Kier molecular flexibility index (Phi) is 4.98. The number of methoxy groups -OCH3 is 1. The Hall–Kier alpha value is -1.34. The molecular formula is C14H13IN2OS. The molecule has 0 spiro atoms. The summed E-state index contributed by atoms with van der Waals surface area (Å²) in [6.45, 7) is 0. The second-order valence-corrected chi connectivity index (χ2v) is 5.47. The maximum absolute atomic E-state index is 5.26. The van der Waals surface area contributed by atoms with Gasteiger partial charge in [0.25, 0.3) is 0 Å². The van der Waals surface area contributed by atoms with Gasteiger partial charge < -0.3 is 15.4 Å². The van der Waals surface area contributed by atoms with E-state index in [4.69, 9.17) is 17.0 Å². The van der Waals surface area contributed by atoms with Gasteiger partial charge in [-0.2, -0.15) is 0 Å². The predicted molar refractivity (Wildman–Crippen MR) is 92.0 cm³/mol. The van der Waals surface area contributed by atoms with Crippen LogP contribution in [0.5, 0.6) is 5.75 Å². The number of hydrogen-bond donors (Lipinski definition) is 2. The number of hydrogen-bond acceptors (Lipinski definition) is 2. The maximum atomic E-state index is 5.26. The highest BCUT2D eigenvalue weighted by molar-refractivity contribution is 14.1. The van der Waals surface area contributed by atoms with Crippen LogP contribution in [0.2, 0.25) is 0 Å². The minimum atomic E-state index is 0.561. The minimum Gasteiger partial charge on any atom is -0.497 e. The first-order valence-corrected chi connectivity index (χ1v) is 7.14. The molecule has 0 saturated heterocycles. The summed E-state index contributed by atoms with van der Waals surface area (Å²) in [5.74, 6) is 0.821. The summed E-state index contributed by atoms with van der Waals surface area (Å²) in [7, 11) is 1.64. The standard InChI is InChI=1S/C14H13IN2OS/c1-18-13-8-6-12(7-9-13)17-14(19)16-11-4-2-10(15)3-5-11/h2-9H,1H3,(H2,16,17,19). The van der Waals surface area contributed by atoms with Gasteiger partial charge in [-0.1, -0.05) is 0 Å². The van der Waals surface area contributed by atoms with Crippen molar-refractivity contribution in [1.82, 2.24) is 0 Å². The highest BCUT2D eigenvalue weighted by Crippen LogP contribution is 2.16. The largest absolute Gasteiger partial charge is 0.497 e. The summed E-state index contributed by atoms with van der Waals surface area (Å²) >= 11 is 7.52. The number of thiocarbonyl (C=S) groups is 1. The zero-order valence-electron chi connectivity index (χ0n) is 10.3. The molecule has 0 amide bonds. The van der Waals surface area contributed by atoms with Crippen molar-refractivity contribution in [2.75, 3.05) is 17.7 Å². The second kappa shape index (κ2) is 6.72. The SMILES string of the molecule is COc1ccc(NC(=S)Nc2ccc(I)cc2)cc1. The molecule has 2 aromatic carbocycles. The third-order valence-electron chi connectivity index (χ3n) is 2.45. The monoisotopic (exact) mass is 384 g/mol. The zero-order valence-corrected chi connectivity index (χ0v) is 13.3. The van der Waals surface area contributed by atoms with E-state index >= 15 is 0 Å². The van der Waals surface area contributed by atoms with E-state index in [0.717, 1.165) is 17.1 Å². The van der Waals surface area contributed by atoms with Crippen LogP contribution in [0.4, 0.5) is 11.4 Å². The van der Waals surface area contributed by atoms with Crippen molar-refractivity contribution >= 4 is 51.3 Å². The fraction of sp³-hybridized carbons (Fsp3) is 0.0714. The first-order valence-electron chi connectivity index (χ1n) is 5.65. The molecule has 19 heavy (non-hydrogen) atoms. The first kappa shape index (κ1) is 14.1. The molecule has 0 aliphatic rings. The lowest BCUT2D eigenvalue weighted by atomic mass is 10.3. The molecule has 2 aromatic rings. The third kappa shape index (κ3) is 4.36. The summed E-state index contributed by atoms with van der Waals surface area (Å²) < 4.78 is 6.30. The fourth-order valence-corrected chi connectivity index (χ4v) is 2.10. The average molecular weight is 384 g/mol. The third-order valence-corrected chi connectivity index (χ3v) is 3.37. The second-order valence-electron chi connectivity index (χ2n) is 3.81. The number of halogens is 1. The number of benzene rings is 2. The molecule has 2 rings (SSSR count). The van der Waals surface area contributed by atoms with Crippen LogP contribution in [0.15, 0.2) is 48.5 Å². The normalized spacial score (nSPS) is 9.79. The zero-order chi connectivity index (χ0) is 13.7. The Morgan fingerprint density at radius 1 is 0.947 bits per heavy atom. The molecule has 0 radical (unpaired) electrons. The van der Waals surface area contributed by atoms with Crippen LogP contribution < -0.4 is 15.4 Å². The van der Waals surface area contributed by atoms with Gasteiger partial charge in [-0.25, -0.2) is 0 Å². The number of rotatable bonds is 3. The van der Waals surface area contributed by atoms with Crippen molar-refractivity contribution in [3.05, 3.63) is 52.1 Å². The van der Waals surface area contributed by atoms with E-state index in [1.54, 1.807) is 7.11 Å². The Morgan fingerprint density at radius 3 is 1.89 bits per heavy atom. The molecule has 0 bridgehead atoms. The summed E-state index contributed by atoms with van der Waals surface area (Å²) in [6.07, 6.45) is 0. The highest BCUT2D eigenvalue weighted by atomic mass is 127. The van der Waals surface area contributed by atoms with Gasteiger partial charge in [-0.3, -0.25) is 0 Å². The molecule has 98 valence electrons. The van der Waals surface area contributed by atoms with Gasteiger partial charge in [0.1, 0.15) is 5.75 Å². The summed E-state index contributed by atoms with van der Waals surface area (Å²) in [4.78, 5) is 0. The van der Waals surface area contributed by atoms with Crippen molar-refractivity contribution in [3.63, 3.8) is 0 Å². The Morgan fingerprint density at radius 2 is 1.42 bits per heavy atom. The molecule has 5 heteroatoms. The van der Waals surface area contributed by atoms with Crippen LogP contribution in [-0.2, 0) is 0 Å². The van der Waals surface area contributed by atoms with E-state index in [9.17, 15) is 0 Å². The quantitative estimate of drug-likeness (QED) is 0.617. The Bertz CT molecular complexity index is 555. The van der Waals surface area contributed by atoms with Gasteiger partial charge in [0.2, 0.25) is 0 Å². The number of ether oxygens (including phenoxy) is 1. The van der Waals surface area contributed by atoms with Crippen LogP contribution in [0, 0.1) is 3.57 Å². The summed E-state index contributed by atoms with van der Waals surface area (Å²) in [6, 6.07) is 15.6. The van der Waals surface area contributed by atoms with E-state index in [0.29, 0.717) is 5.11 Å². The van der Waals surface area contributed by atoms with E-state index in [1.165, 1.54) is 3.57 Å². The smallest absolute Gasteiger partial charge is 0.175 e. The fourth-order valence-electron chi connectivity index (χ4n) is 1.50. The topological polar surface area (TPSA) is 33.3 Å². The van der Waals surface area contributed by atoms with Gasteiger partial charge >= 0.3 is 0 Å². The van der Waals surface area contributed by atoms with E-state index in [-0.39, 0.29) is 0 Å². The Labute approximate surface area is 131 Å². The van der Waals surface area contributed by atoms with Crippen molar-refractivity contribution in [2.24, 2.45) is 0 Å². The minimum absolute atomic E-state index is 0.561. The van der Waals surface area contributed by atoms with Crippen molar-refractivity contribution in [1.29, 1.82) is 0 Å². The van der Waals surface area contributed by atoms with Crippen LogP contribution in [0.3, 0.4) is 0 Å². The van der Waals surface area contributed by atoms with Crippen LogP contribution >= 0.6 is 34.8 Å². The molecule has 0 heterocycles. The predicted octanol–water partition coefficient (Wildman–Crippen LogP) is 4.11. The molecule has 0 fully saturated rings. The maximum Gasteiger partial charge on any atom is 0.175 e. The van der Waals surface area contributed by atoms with Crippen molar-refractivity contribution < 1.29 is 4.74 Å². The summed E-state index contributed by atoms with van der Waals surface area (Å²) in [5.41, 5.74) is 1.88. The molecule has 0 aliphatic heterocycles. The molecule has 0 saturated carbocycles. The average Bonchev–Trinajstić information content (AvgIpc) is 2.42. The van der Waals surface area contributed by atoms with Gasteiger partial charge in [0, 0.05) is 14.9 Å². The molecule has 0 aliphatic carbocycles. The van der Waals surface area contributed by atoms with E-state index < -0.39 is 0 Å². The van der Waals surface area contributed by atoms with Crippen molar-refractivity contribution in [2.45, 2.75) is 0 Å². The molecular weight excluding hydrogens is 371 g/mol. The van der Waals surface area contributed by atoms with Gasteiger partial charge in [-0.15, -0.1) is 0 Å². The van der Waals surface area contributed by atoms with E-state index in [1.807, 2.05) is 48.5 Å². The van der Waals surface area contributed by atoms with Crippen LogP contribution in [0.25, 0.3) is 0 Å². The molecule has 3 nitrogen and oxygen atoms in total. The molecule has 2 N–H and O–H groups in total. The highest BCUT2D eigenvalue weighted by Gasteiger charge is 1.99. The number of nitrogens with one attached hydrogen (secondary N) is 2. The molecule has 0 aromatic heterocycles. The van der Waals surface area contributed by atoms with Gasteiger partial charge in [-0.05, 0) is 83.3 Å². The lowest BCUT2D eigenvalue weighted by molar-refractivity contribution is 0.415. The van der Waals surface area contributed by atoms with Crippen LogP contribution in [0.1, 0.15) is 0 Å². The number of anilines is 2. The Balaban J connectivity index is 1.95. The van der Waals surface area contributed by atoms with Gasteiger partial charge in [0.15, 0.2) is 5.11 Å². The molecule has 0 unspecified atom stereocenters. The van der Waals surface area contributed by atoms with Crippen LogP contribution in [-0.4, -0.2) is 12.2 Å². The lowest BCUT2D eigenvalue weighted by Gasteiger charge is -2.11.